The van der Waals surface area contributed by atoms with Gasteiger partial charge in [-0.25, -0.2) is 4.39 Å². The van der Waals surface area contributed by atoms with Crippen LogP contribution in [-0.2, 0) is 19.1 Å². The summed E-state index contributed by atoms with van der Waals surface area (Å²) in [5.41, 5.74) is 0.780. The van der Waals surface area contributed by atoms with Crippen molar-refractivity contribution >= 4 is 18.0 Å². The van der Waals surface area contributed by atoms with Crippen molar-refractivity contribution in [2.24, 2.45) is 5.92 Å². The summed E-state index contributed by atoms with van der Waals surface area (Å²) in [5.74, 6) is -2.48. The molecule has 0 aliphatic carbocycles. The van der Waals surface area contributed by atoms with Crippen molar-refractivity contribution < 1.29 is 23.5 Å². The highest BCUT2D eigenvalue weighted by atomic mass is 19.1. The van der Waals surface area contributed by atoms with E-state index in [1.165, 1.54) is 12.1 Å². The fraction of sp³-hybridized carbons (Fsp3) is 0.375. The molecule has 4 nitrogen and oxygen atoms in total. The lowest BCUT2D eigenvalue weighted by atomic mass is 10.0. The van der Waals surface area contributed by atoms with Crippen molar-refractivity contribution in [3.05, 3.63) is 41.7 Å². The summed E-state index contributed by atoms with van der Waals surface area (Å²) < 4.78 is 22.5. The molecule has 1 rings (SSSR count). The first-order valence-electron chi connectivity index (χ1n) is 6.83. The third-order valence-corrected chi connectivity index (χ3v) is 2.69. The highest BCUT2D eigenvalue weighted by molar-refractivity contribution is 5.95. The van der Waals surface area contributed by atoms with Gasteiger partial charge >= 0.3 is 11.9 Å². The van der Waals surface area contributed by atoms with Gasteiger partial charge in [-0.1, -0.05) is 24.3 Å². The molecule has 0 aliphatic rings. The van der Waals surface area contributed by atoms with E-state index < -0.39 is 17.9 Å². The molecule has 0 bridgehead atoms. The van der Waals surface area contributed by atoms with E-state index >= 15 is 0 Å². The Labute approximate surface area is 123 Å². The number of rotatable bonds is 7. The lowest BCUT2D eigenvalue weighted by Crippen LogP contribution is -2.27. The Bertz CT molecular complexity index is 476. The Kier molecular flexibility index (Phi) is 7.15. The number of esters is 2. The third-order valence-electron chi connectivity index (χ3n) is 2.69. The first kappa shape index (κ1) is 16.9. The Balaban J connectivity index is 2.69. The van der Waals surface area contributed by atoms with Gasteiger partial charge in [-0.2, -0.15) is 0 Å². The molecular weight excluding hydrogens is 275 g/mol. The molecule has 5 heteroatoms. The zero-order valence-electron chi connectivity index (χ0n) is 12.2. The predicted molar refractivity (Wildman–Crippen MR) is 76.8 cm³/mol. The van der Waals surface area contributed by atoms with E-state index in [4.69, 9.17) is 9.47 Å². The van der Waals surface area contributed by atoms with Gasteiger partial charge in [-0.05, 0) is 38.0 Å². The van der Waals surface area contributed by atoms with Crippen LogP contribution >= 0.6 is 0 Å². The van der Waals surface area contributed by atoms with Crippen molar-refractivity contribution in [3.63, 3.8) is 0 Å². The number of benzene rings is 1. The second-order valence-electron chi connectivity index (χ2n) is 4.25. The van der Waals surface area contributed by atoms with Gasteiger partial charge in [0.15, 0.2) is 5.92 Å². The molecule has 0 heterocycles. The van der Waals surface area contributed by atoms with Crippen LogP contribution < -0.4 is 0 Å². The van der Waals surface area contributed by atoms with Crippen molar-refractivity contribution in [2.75, 3.05) is 13.2 Å². The molecule has 21 heavy (non-hydrogen) atoms. The molecule has 0 N–H and O–H groups in total. The molecular formula is C16H19FO4. The zero-order valence-corrected chi connectivity index (χ0v) is 12.2. The maximum Gasteiger partial charge on any atom is 0.320 e. The quantitative estimate of drug-likeness (QED) is 0.573. The molecule has 0 unspecified atom stereocenters. The minimum absolute atomic E-state index is 0.176. The Morgan fingerprint density at radius 2 is 1.62 bits per heavy atom. The Hall–Kier alpha value is -2.17. The summed E-state index contributed by atoms with van der Waals surface area (Å²) in [5, 5.41) is 0. The van der Waals surface area contributed by atoms with Crippen LogP contribution in [0.2, 0.25) is 0 Å². The minimum atomic E-state index is -0.971. The molecule has 0 radical (unpaired) electrons. The first-order chi connectivity index (χ1) is 10.1. The third kappa shape index (κ3) is 5.77. The van der Waals surface area contributed by atoms with Crippen molar-refractivity contribution in [1.29, 1.82) is 0 Å². The van der Waals surface area contributed by atoms with Crippen molar-refractivity contribution in [1.82, 2.24) is 0 Å². The van der Waals surface area contributed by atoms with Gasteiger partial charge in [0.1, 0.15) is 5.82 Å². The monoisotopic (exact) mass is 294 g/mol. The standard InChI is InChI=1S/C16H19FO4/c1-3-20-15(18)14(16(19)21-4-2)7-5-6-12-8-10-13(17)11-9-12/h5-6,8-11,14H,3-4,7H2,1-2H3/b6-5+. The summed E-state index contributed by atoms with van der Waals surface area (Å²) in [7, 11) is 0. The molecule has 0 aliphatic heterocycles. The van der Waals surface area contributed by atoms with Crippen LogP contribution in [0.25, 0.3) is 6.08 Å². The average molecular weight is 294 g/mol. The summed E-state index contributed by atoms with van der Waals surface area (Å²) >= 11 is 0. The molecule has 0 saturated heterocycles. The normalized spacial score (nSPS) is 10.9. The molecule has 1 aromatic rings. The molecule has 0 aromatic heterocycles. The van der Waals surface area contributed by atoms with Gasteiger partial charge in [-0.3, -0.25) is 9.59 Å². The second-order valence-corrected chi connectivity index (χ2v) is 4.25. The van der Waals surface area contributed by atoms with Gasteiger partial charge in [-0.15, -0.1) is 0 Å². The van der Waals surface area contributed by atoms with Crippen LogP contribution in [0.3, 0.4) is 0 Å². The van der Waals surface area contributed by atoms with Crippen LogP contribution in [0.1, 0.15) is 25.8 Å². The number of carbonyl (C=O) groups is 2. The largest absolute Gasteiger partial charge is 0.465 e. The molecule has 0 atom stereocenters. The van der Waals surface area contributed by atoms with Gasteiger partial charge in [0.2, 0.25) is 0 Å². The average Bonchev–Trinajstić information content (AvgIpc) is 2.46. The minimum Gasteiger partial charge on any atom is -0.465 e. The SMILES string of the molecule is CCOC(=O)C(C/C=C/c1ccc(F)cc1)C(=O)OCC. The lowest BCUT2D eigenvalue weighted by molar-refractivity contribution is -0.161. The van der Waals surface area contributed by atoms with Gasteiger partial charge in [0.05, 0.1) is 13.2 Å². The van der Waals surface area contributed by atoms with Gasteiger partial charge in [0, 0.05) is 0 Å². The number of carbonyl (C=O) groups excluding carboxylic acids is 2. The highest BCUT2D eigenvalue weighted by Gasteiger charge is 2.28. The van der Waals surface area contributed by atoms with E-state index in [0.717, 1.165) is 5.56 Å². The van der Waals surface area contributed by atoms with Gasteiger partial charge < -0.3 is 9.47 Å². The smallest absolute Gasteiger partial charge is 0.320 e. The Morgan fingerprint density at radius 3 is 2.10 bits per heavy atom. The first-order valence-corrected chi connectivity index (χ1v) is 6.83. The summed E-state index contributed by atoms with van der Waals surface area (Å²) in [6.07, 6.45) is 3.56. The summed E-state index contributed by atoms with van der Waals surface area (Å²) in [6.45, 7) is 3.76. The fourth-order valence-electron chi connectivity index (χ4n) is 1.69. The second kappa shape index (κ2) is 8.89. The molecule has 0 spiro atoms. The number of hydrogen-bond donors (Lipinski definition) is 0. The Morgan fingerprint density at radius 1 is 1.10 bits per heavy atom. The molecule has 1 aromatic carbocycles. The number of halogens is 1. The molecule has 114 valence electrons. The van der Waals surface area contributed by atoms with E-state index in [1.807, 2.05) is 0 Å². The van der Waals surface area contributed by atoms with Crippen LogP contribution in [0.5, 0.6) is 0 Å². The van der Waals surface area contributed by atoms with Crippen LogP contribution in [0.15, 0.2) is 30.3 Å². The van der Waals surface area contributed by atoms with E-state index in [1.54, 1.807) is 38.1 Å². The van der Waals surface area contributed by atoms with Crippen LogP contribution in [0.4, 0.5) is 4.39 Å². The highest BCUT2D eigenvalue weighted by Crippen LogP contribution is 2.12. The maximum absolute atomic E-state index is 12.8. The summed E-state index contributed by atoms with van der Waals surface area (Å²) in [4.78, 5) is 23.5. The van der Waals surface area contributed by atoms with Gasteiger partial charge in [0.25, 0.3) is 0 Å². The summed E-state index contributed by atoms with van der Waals surface area (Å²) in [6, 6.07) is 5.90. The molecule has 0 saturated carbocycles. The van der Waals surface area contributed by atoms with Crippen LogP contribution in [0, 0.1) is 11.7 Å². The van der Waals surface area contributed by atoms with Crippen molar-refractivity contribution in [3.8, 4) is 0 Å². The van der Waals surface area contributed by atoms with Crippen molar-refractivity contribution in [2.45, 2.75) is 20.3 Å². The lowest BCUT2D eigenvalue weighted by Gasteiger charge is -2.12. The fourth-order valence-corrected chi connectivity index (χ4v) is 1.69. The number of hydrogen-bond acceptors (Lipinski definition) is 4. The van der Waals surface area contributed by atoms with E-state index in [9.17, 15) is 14.0 Å². The van der Waals surface area contributed by atoms with E-state index in [0.29, 0.717) is 0 Å². The molecule has 0 fully saturated rings. The predicted octanol–water partition coefficient (Wildman–Crippen LogP) is 2.97. The molecule has 0 amide bonds. The van der Waals surface area contributed by atoms with E-state index in [-0.39, 0.29) is 25.5 Å². The number of allylic oxidation sites excluding steroid dienone is 1. The topological polar surface area (TPSA) is 52.6 Å². The van der Waals surface area contributed by atoms with Crippen LogP contribution in [-0.4, -0.2) is 25.2 Å². The van der Waals surface area contributed by atoms with E-state index in [2.05, 4.69) is 0 Å². The maximum atomic E-state index is 12.8. The zero-order chi connectivity index (χ0) is 15.7. The number of ether oxygens (including phenoxy) is 2.